The molecule has 3 unspecified atom stereocenters. The molecule has 0 bridgehead atoms. The molecule has 0 spiro atoms. The SMILES string of the molecule is Cc1ccc(C(C)Nc2nc(N3CCC(C4CCCCN4C4CC(C)(C(=O)O)C4)C3)ncc2Cl)c(Cl)c1. The fourth-order valence-corrected chi connectivity index (χ4v) is 7.03. The van der Waals surface area contributed by atoms with Crippen LogP contribution in [0.5, 0.6) is 0 Å². The number of rotatable bonds is 7. The smallest absolute Gasteiger partial charge is 0.309 e. The van der Waals surface area contributed by atoms with E-state index in [1.54, 1.807) is 6.20 Å². The second kappa shape index (κ2) is 10.6. The number of aryl methyl sites for hydroxylation is 1. The summed E-state index contributed by atoms with van der Waals surface area (Å²) in [5.41, 5.74) is 1.56. The van der Waals surface area contributed by atoms with Crippen LogP contribution in [0.15, 0.2) is 24.4 Å². The zero-order valence-corrected chi connectivity index (χ0v) is 23.4. The molecule has 1 aliphatic carbocycles. The molecular formula is C28H37Cl2N5O2. The molecule has 7 nitrogen and oxygen atoms in total. The number of nitrogens with zero attached hydrogens (tertiary/aromatic N) is 4. The Kier molecular flexibility index (Phi) is 7.58. The highest BCUT2D eigenvalue weighted by molar-refractivity contribution is 6.33. The number of carbonyl (C=O) groups is 1. The maximum absolute atomic E-state index is 11.6. The van der Waals surface area contributed by atoms with Gasteiger partial charge in [-0.15, -0.1) is 0 Å². The molecule has 1 saturated carbocycles. The number of likely N-dealkylation sites (tertiary alicyclic amines) is 1. The summed E-state index contributed by atoms with van der Waals surface area (Å²) in [6.45, 7) is 8.85. The zero-order valence-electron chi connectivity index (χ0n) is 21.9. The average molecular weight is 547 g/mol. The molecule has 2 saturated heterocycles. The average Bonchev–Trinajstić information content (AvgIpc) is 3.33. The second-order valence-electron chi connectivity index (χ2n) is 11.5. The molecular weight excluding hydrogens is 509 g/mol. The molecule has 9 heteroatoms. The standard InChI is InChI=1S/C28H37Cl2N5O2/c1-17-7-8-21(22(29)12-17)18(2)32-25-23(30)15-31-27(33-25)34-11-9-19(16-34)24-6-4-5-10-35(24)20-13-28(3,14-20)26(36)37/h7-8,12,15,18-20,24H,4-6,9-11,13-14,16H2,1-3H3,(H,36,37)(H,31,32,33). The van der Waals surface area contributed by atoms with Crippen molar-refractivity contribution >= 4 is 40.9 Å². The van der Waals surface area contributed by atoms with E-state index in [2.05, 4.69) is 26.2 Å². The van der Waals surface area contributed by atoms with Gasteiger partial charge in [-0.25, -0.2) is 4.98 Å². The van der Waals surface area contributed by atoms with Crippen molar-refractivity contribution in [2.75, 3.05) is 29.9 Å². The number of hydrogen-bond acceptors (Lipinski definition) is 6. The van der Waals surface area contributed by atoms with Crippen molar-refractivity contribution in [2.45, 2.75) is 77.4 Å². The van der Waals surface area contributed by atoms with E-state index in [4.69, 9.17) is 28.2 Å². The third-order valence-corrected chi connectivity index (χ3v) is 9.31. The monoisotopic (exact) mass is 545 g/mol. The quantitative estimate of drug-likeness (QED) is 0.428. The van der Waals surface area contributed by atoms with Crippen molar-refractivity contribution in [3.63, 3.8) is 0 Å². The number of carboxylic acid groups (broad SMARTS) is 1. The topological polar surface area (TPSA) is 81.6 Å². The number of aliphatic carboxylic acids is 1. The van der Waals surface area contributed by atoms with Gasteiger partial charge >= 0.3 is 5.97 Å². The largest absolute Gasteiger partial charge is 0.481 e. The van der Waals surface area contributed by atoms with Gasteiger partial charge in [-0.3, -0.25) is 9.69 Å². The fraction of sp³-hybridized carbons (Fsp3) is 0.607. The summed E-state index contributed by atoms with van der Waals surface area (Å²) in [7, 11) is 0. The van der Waals surface area contributed by atoms with Crippen molar-refractivity contribution in [1.82, 2.24) is 14.9 Å². The van der Waals surface area contributed by atoms with Crippen molar-refractivity contribution in [2.24, 2.45) is 11.3 Å². The van der Waals surface area contributed by atoms with Crippen LogP contribution >= 0.6 is 23.2 Å². The lowest BCUT2D eigenvalue weighted by Gasteiger charge is -2.52. The first-order chi connectivity index (χ1) is 17.6. The molecule has 3 atom stereocenters. The Hall–Kier alpha value is -2.09. The lowest BCUT2D eigenvalue weighted by atomic mass is 9.65. The van der Waals surface area contributed by atoms with Crippen LogP contribution in [0.1, 0.15) is 69.5 Å². The third-order valence-electron chi connectivity index (χ3n) is 8.71. The van der Waals surface area contributed by atoms with E-state index in [1.807, 2.05) is 32.9 Å². The molecule has 3 heterocycles. The van der Waals surface area contributed by atoms with E-state index in [-0.39, 0.29) is 6.04 Å². The van der Waals surface area contributed by atoms with Gasteiger partial charge in [0.2, 0.25) is 5.95 Å². The molecule has 0 amide bonds. The van der Waals surface area contributed by atoms with Gasteiger partial charge in [0.25, 0.3) is 0 Å². The van der Waals surface area contributed by atoms with Gasteiger partial charge in [0.1, 0.15) is 5.02 Å². The lowest BCUT2D eigenvalue weighted by Crippen LogP contribution is -2.58. The number of carboxylic acids is 1. The molecule has 1 aromatic heterocycles. The summed E-state index contributed by atoms with van der Waals surface area (Å²) >= 11 is 13.0. The predicted molar refractivity (Wildman–Crippen MR) is 149 cm³/mol. The summed E-state index contributed by atoms with van der Waals surface area (Å²) in [5.74, 6) is 1.17. The van der Waals surface area contributed by atoms with Crippen molar-refractivity contribution in [1.29, 1.82) is 0 Å². The van der Waals surface area contributed by atoms with Crippen LogP contribution in [0.25, 0.3) is 0 Å². The lowest BCUT2D eigenvalue weighted by molar-refractivity contribution is -0.159. The van der Waals surface area contributed by atoms with Gasteiger partial charge in [-0.2, -0.15) is 4.98 Å². The molecule has 37 heavy (non-hydrogen) atoms. The zero-order chi connectivity index (χ0) is 26.3. The van der Waals surface area contributed by atoms with Crippen LogP contribution in [0.3, 0.4) is 0 Å². The van der Waals surface area contributed by atoms with Crippen LogP contribution in [0.2, 0.25) is 10.0 Å². The molecule has 2 aromatic rings. The van der Waals surface area contributed by atoms with Gasteiger partial charge in [0, 0.05) is 30.2 Å². The van der Waals surface area contributed by atoms with Gasteiger partial charge in [-0.05, 0) is 82.5 Å². The van der Waals surface area contributed by atoms with Gasteiger partial charge in [0.05, 0.1) is 17.7 Å². The molecule has 3 fully saturated rings. The van der Waals surface area contributed by atoms with Crippen molar-refractivity contribution in [3.05, 3.63) is 45.6 Å². The van der Waals surface area contributed by atoms with Crippen molar-refractivity contribution in [3.8, 4) is 0 Å². The minimum Gasteiger partial charge on any atom is -0.481 e. The number of anilines is 2. The van der Waals surface area contributed by atoms with E-state index >= 15 is 0 Å². The normalized spacial score (nSPS) is 29.1. The minimum absolute atomic E-state index is 0.0607. The molecule has 2 aliphatic heterocycles. The highest BCUT2D eigenvalue weighted by Gasteiger charge is 2.51. The van der Waals surface area contributed by atoms with Gasteiger partial charge in [-0.1, -0.05) is 41.8 Å². The number of halogens is 2. The Morgan fingerprint density at radius 1 is 1.19 bits per heavy atom. The number of hydrogen-bond donors (Lipinski definition) is 2. The molecule has 2 N–H and O–H groups in total. The van der Waals surface area contributed by atoms with E-state index in [1.165, 1.54) is 19.3 Å². The predicted octanol–water partition coefficient (Wildman–Crippen LogP) is 6.20. The highest BCUT2D eigenvalue weighted by atomic mass is 35.5. The number of nitrogens with one attached hydrogen (secondary N) is 1. The fourth-order valence-electron chi connectivity index (χ4n) is 6.49. The molecule has 0 radical (unpaired) electrons. The maximum Gasteiger partial charge on any atom is 0.309 e. The Morgan fingerprint density at radius 2 is 1.97 bits per heavy atom. The minimum atomic E-state index is -0.660. The first-order valence-corrected chi connectivity index (χ1v) is 14.2. The van der Waals surface area contributed by atoms with Crippen molar-refractivity contribution < 1.29 is 9.90 Å². The molecule has 1 aromatic carbocycles. The Morgan fingerprint density at radius 3 is 2.70 bits per heavy atom. The van der Waals surface area contributed by atoms with Crippen LogP contribution in [-0.4, -0.2) is 57.7 Å². The summed E-state index contributed by atoms with van der Waals surface area (Å²) in [4.78, 5) is 25.9. The number of aromatic nitrogens is 2. The number of piperidine rings is 1. The van der Waals surface area contributed by atoms with Crippen LogP contribution < -0.4 is 10.2 Å². The van der Waals surface area contributed by atoms with E-state index in [0.29, 0.717) is 34.8 Å². The Labute approximate surface area is 229 Å². The van der Waals surface area contributed by atoms with Crippen LogP contribution in [0, 0.1) is 18.3 Å². The summed E-state index contributed by atoms with van der Waals surface area (Å²) < 4.78 is 0. The highest BCUT2D eigenvalue weighted by Crippen LogP contribution is 2.46. The summed E-state index contributed by atoms with van der Waals surface area (Å²) in [6.07, 6.45) is 7.91. The molecule has 3 aliphatic rings. The molecule has 5 rings (SSSR count). The van der Waals surface area contributed by atoms with Gasteiger partial charge in [0.15, 0.2) is 5.82 Å². The second-order valence-corrected chi connectivity index (χ2v) is 12.3. The van der Waals surface area contributed by atoms with E-state index in [9.17, 15) is 9.90 Å². The first kappa shape index (κ1) is 26.5. The Bertz CT molecular complexity index is 1160. The molecule has 200 valence electrons. The van der Waals surface area contributed by atoms with Crippen LogP contribution in [-0.2, 0) is 4.79 Å². The Balaban J connectivity index is 1.26. The summed E-state index contributed by atoms with van der Waals surface area (Å²) in [5, 5.41) is 14.2. The maximum atomic E-state index is 11.6. The first-order valence-electron chi connectivity index (χ1n) is 13.4. The van der Waals surface area contributed by atoms with E-state index in [0.717, 1.165) is 55.0 Å². The third kappa shape index (κ3) is 5.41. The van der Waals surface area contributed by atoms with E-state index < -0.39 is 11.4 Å². The summed E-state index contributed by atoms with van der Waals surface area (Å²) in [6, 6.07) is 6.88. The van der Waals surface area contributed by atoms with Gasteiger partial charge < -0.3 is 15.3 Å². The van der Waals surface area contributed by atoms with Crippen LogP contribution in [0.4, 0.5) is 11.8 Å². The number of benzene rings is 1.